The van der Waals surface area contributed by atoms with E-state index >= 15 is 0 Å². The van der Waals surface area contributed by atoms with Crippen molar-refractivity contribution in [2.24, 2.45) is 5.73 Å². The van der Waals surface area contributed by atoms with Gasteiger partial charge in [0.2, 0.25) is 11.8 Å². The van der Waals surface area contributed by atoms with Crippen LogP contribution in [0.3, 0.4) is 0 Å². The predicted octanol–water partition coefficient (Wildman–Crippen LogP) is 0.401. The van der Waals surface area contributed by atoms with Crippen LogP contribution >= 0.6 is 24.8 Å². The zero-order valence-corrected chi connectivity index (χ0v) is 15.2. The van der Waals surface area contributed by atoms with Crippen LogP contribution in [0.5, 0.6) is 0 Å². The van der Waals surface area contributed by atoms with Crippen LogP contribution in [0.25, 0.3) is 0 Å². The van der Waals surface area contributed by atoms with Gasteiger partial charge in [0.25, 0.3) is 0 Å². The van der Waals surface area contributed by atoms with Gasteiger partial charge < -0.3 is 19.9 Å². The highest BCUT2D eigenvalue weighted by atomic mass is 35.5. The van der Waals surface area contributed by atoms with E-state index in [4.69, 9.17) is 15.0 Å². The van der Waals surface area contributed by atoms with Crippen LogP contribution in [0, 0.1) is 6.92 Å². The maximum absolute atomic E-state index is 12.1. The second kappa shape index (κ2) is 10.0. The summed E-state index contributed by atoms with van der Waals surface area (Å²) in [6, 6.07) is -0.534. The molecule has 1 aliphatic heterocycles. The van der Waals surface area contributed by atoms with Crippen molar-refractivity contribution >= 4 is 30.7 Å². The van der Waals surface area contributed by atoms with E-state index < -0.39 is 6.04 Å². The summed E-state index contributed by atoms with van der Waals surface area (Å²) in [6.07, 6.45) is 0. The second-order valence-corrected chi connectivity index (χ2v) is 5.28. The van der Waals surface area contributed by atoms with Gasteiger partial charge in [-0.15, -0.1) is 24.8 Å². The largest absolute Gasteiger partial charge is 0.383 e. The monoisotopic (exact) mass is 369 g/mol. The van der Waals surface area contributed by atoms with Crippen molar-refractivity contribution in [1.29, 1.82) is 0 Å². The predicted molar refractivity (Wildman–Crippen MR) is 90.0 cm³/mol. The number of hydrogen-bond acceptors (Lipinski definition) is 7. The molecule has 2 atom stereocenters. The fourth-order valence-electron chi connectivity index (χ4n) is 2.45. The molecule has 2 heterocycles. The number of amides is 1. The topological polar surface area (TPSA) is 97.7 Å². The number of methoxy groups -OCH3 is 1. The molecule has 0 saturated carbocycles. The highest BCUT2D eigenvalue weighted by Gasteiger charge is 2.29. The molecule has 10 heteroatoms. The molecule has 0 aromatic carbocycles. The van der Waals surface area contributed by atoms with Crippen molar-refractivity contribution in [2.45, 2.75) is 25.9 Å². The lowest BCUT2D eigenvalue weighted by molar-refractivity contribution is -0.135. The third-order valence-electron chi connectivity index (χ3n) is 3.74. The second-order valence-electron chi connectivity index (χ2n) is 5.28. The first kappa shape index (κ1) is 22.1. The summed E-state index contributed by atoms with van der Waals surface area (Å²) in [6.45, 7) is 6.88. The molecule has 1 aromatic heterocycles. The normalized spacial score (nSPS) is 17.8. The number of carbonyl (C=O) groups is 1. The van der Waals surface area contributed by atoms with Gasteiger partial charge in [-0.1, -0.05) is 5.16 Å². The van der Waals surface area contributed by atoms with Gasteiger partial charge in [-0.05, 0) is 13.8 Å². The fraction of sp³-hybridized carbons (Fsp3) is 0.769. The highest BCUT2D eigenvalue weighted by Crippen LogP contribution is 2.20. The summed E-state index contributed by atoms with van der Waals surface area (Å²) < 4.78 is 10.1. The van der Waals surface area contributed by atoms with Crippen LogP contribution in [0.1, 0.15) is 24.7 Å². The third kappa shape index (κ3) is 5.58. The molecule has 134 valence electrons. The molecule has 23 heavy (non-hydrogen) atoms. The van der Waals surface area contributed by atoms with E-state index in [1.807, 2.05) is 6.92 Å². The molecule has 1 aromatic rings. The molecule has 1 saturated heterocycles. The van der Waals surface area contributed by atoms with Gasteiger partial charge in [0, 0.05) is 33.3 Å². The van der Waals surface area contributed by atoms with Gasteiger partial charge in [0.05, 0.1) is 12.6 Å². The number of ether oxygens (including phenoxy) is 1. The number of nitrogens with two attached hydrogens (primary N) is 1. The fourth-order valence-corrected chi connectivity index (χ4v) is 2.45. The minimum Gasteiger partial charge on any atom is -0.383 e. The Kier molecular flexibility index (Phi) is 9.64. The van der Waals surface area contributed by atoms with Crippen molar-refractivity contribution in [2.75, 3.05) is 39.9 Å². The molecule has 1 amide bonds. The Bertz CT molecular complexity index is 480. The van der Waals surface area contributed by atoms with Crippen LogP contribution in [-0.4, -0.2) is 71.8 Å². The van der Waals surface area contributed by atoms with Gasteiger partial charge >= 0.3 is 0 Å². The maximum Gasteiger partial charge on any atom is 0.243 e. The first-order valence-electron chi connectivity index (χ1n) is 7.10. The number of hydrogen-bond donors (Lipinski definition) is 1. The van der Waals surface area contributed by atoms with Crippen molar-refractivity contribution < 1.29 is 14.1 Å². The maximum atomic E-state index is 12.1. The Morgan fingerprint density at radius 1 is 1.35 bits per heavy atom. The Labute approximate surface area is 148 Å². The van der Waals surface area contributed by atoms with Crippen LogP contribution in [0.2, 0.25) is 0 Å². The Hall–Kier alpha value is -0.930. The SMILES string of the molecule is COCC(N)C(=O)N1CCN(C(C)c2nc(C)no2)CC1.Cl.Cl. The number of carbonyl (C=O) groups excluding carboxylic acids is 1. The molecular weight excluding hydrogens is 345 g/mol. The van der Waals surface area contributed by atoms with Crippen LogP contribution in [-0.2, 0) is 9.53 Å². The van der Waals surface area contributed by atoms with Crippen molar-refractivity contribution in [3.63, 3.8) is 0 Å². The van der Waals surface area contributed by atoms with Crippen LogP contribution in [0.4, 0.5) is 0 Å². The lowest BCUT2D eigenvalue weighted by Crippen LogP contribution is -2.54. The highest BCUT2D eigenvalue weighted by molar-refractivity contribution is 5.85. The molecule has 1 fully saturated rings. The molecule has 0 aliphatic carbocycles. The number of aryl methyl sites for hydroxylation is 1. The van der Waals surface area contributed by atoms with E-state index in [9.17, 15) is 4.79 Å². The van der Waals surface area contributed by atoms with Crippen molar-refractivity contribution in [1.82, 2.24) is 19.9 Å². The summed E-state index contributed by atoms with van der Waals surface area (Å²) in [4.78, 5) is 20.4. The van der Waals surface area contributed by atoms with Gasteiger partial charge in [0.15, 0.2) is 5.82 Å². The summed E-state index contributed by atoms with van der Waals surface area (Å²) in [7, 11) is 1.54. The Morgan fingerprint density at radius 2 is 1.96 bits per heavy atom. The smallest absolute Gasteiger partial charge is 0.243 e. The molecule has 2 unspecified atom stereocenters. The lowest BCUT2D eigenvalue weighted by atomic mass is 10.2. The third-order valence-corrected chi connectivity index (χ3v) is 3.74. The standard InChI is InChI=1S/C13H23N5O3.2ClH/c1-9(12-15-10(2)16-21-12)17-4-6-18(7-5-17)13(19)11(14)8-20-3;;/h9,11H,4-8,14H2,1-3H3;2*1H. The van der Waals surface area contributed by atoms with Crippen LogP contribution in [0.15, 0.2) is 4.52 Å². The number of rotatable bonds is 5. The van der Waals surface area contributed by atoms with E-state index in [1.54, 1.807) is 18.9 Å². The van der Waals surface area contributed by atoms with Gasteiger partial charge in [0.1, 0.15) is 6.04 Å². The lowest BCUT2D eigenvalue weighted by Gasteiger charge is -2.37. The minimum absolute atomic E-state index is 0. The quantitative estimate of drug-likeness (QED) is 0.801. The minimum atomic E-state index is -0.586. The van der Waals surface area contributed by atoms with Gasteiger partial charge in [-0.3, -0.25) is 9.69 Å². The average Bonchev–Trinajstić information content (AvgIpc) is 2.92. The summed E-state index contributed by atoms with van der Waals surface area (Å²) in [5.41, 5.74) is 5.78. The Balaban J connectivity index is 0.00000242. The Morgan fingerprint density at radius 3 is 2.43 bits per heavy atom. The molecule has 0 spiro atoms. The van der Waals surface area contributed by atoms with Gasteiger partial charge in [-0.2, -0.15) is 4.98 Å². The number of aromatic nitrogens is 2. The molecular formula is C13H25Cl2N5O3. The summed E-state index contributed by atoms with van der Waals surface area (Å²) >= 11 is 0. The zero-order chi connectivity index (χ0) is 15.4. The summed E-state index contributed by atoms with van der Waals surface area (Å²) in [5, 5.41) is 3.81. The molecule has 8 nitrogen and oxygen atoms in total. The average molecular weight is 370 g/mol. The van der Waals surface area contributed by atoms with E-state index in [-0.39, 0.29) is 43.4 Å². The molecule has 1 aliphatic rings. The first-order chi connectivity index (χ1) is 10.0. The van der Waals surface area contributed by atoms with Gasteiger partial charge in [-0.25, -0.2) is 0 Å². The van der Waals surface area contributed by atoms with Crippen molar-refractivity contribution in [3.05, 3.63) is 11.7 Å². The zero-order valence-electron chi connectivity index (χ0n) is 13.6. The molecule has 2 N–H and O–H groups in total. The van der Waals surface area contributed by atoms with E-state index in [2.05, 4.69) is 15.0 Å². The number of piperazine rings is 1. The number of nitrogens with zero attached hydrogens (tertiary/aromatic N) is 4. The van der Waals surface area contributed by atoms with E-state index in [0.29, 0.717) is 24.8 Å². The van der Waals surface area contributed by atoms with E-state index in [1.165, 1.54) is 0 Å². The number of halogens is 2. The molecule has 0 bridgehead atoms. The van der Waals surface area contributed by atoms with E-state index in [0.717, 1.165) is 13.1 Å². The van der Waals surface area contributed by atoms with Crippen molar-refractivity contribution in [3.8, 4) is 0 Å². The first-order valence-corrected chi connectivity index (χ1v) is 7.10. The molecule has 2 rings (SSSR count). The summed E-state index contributed by atoms with van der Waals surface area (Å²) in [5.74, 6) is 1.19. The molecule has 0 radical (unpaired) electrons. The van der Waals surface area contributed by atoms with Crippen LogP contribution < -0.4 is 5.73 Å².